The first-order valence-electron chi connectivity index (χ1n) is 18.8. The number of carbonyl (C=O) groups excluding carboxylic acids is 2. The maximum absolute atomic E-state index is 12.9. The van der Waals surface area contributed by atoms with E-state index in [0.717, 1.165) is 101 Å². The lowest BCUT2D eigenvalue weighted by Crippen LogP contribution is -2.11. The normalized spacial score (nSPS) is 16.7. The van der Waals surface area contributed by atoms with Crippen LogP contribution in [0.5, 0.6) is 0 Å². The Balaban J connectivity index is 1.11. The Morgan fingerprint density at radius 3 is 1.11 bits per heavy atom. The van der Waals surface area contributed by atoms with Gasteiger partial charge >= 0.3 is 11.9 Å². The molecule has 0 unspecified atom stereocenters. The van der Waals surface area contributed by atoms with Gasteiger partial charge in [0, 0.05) is 33.4 Å². The number of rotatable bonds is 6. The molecule has 0 spiro atoms. The van der Waals surface area contributed by atoms with Crippen LogP contribution in [0.3, 0.4) is 0 Å². The van der Waals surface area contributed by atoms with Gasteiger partial charge in [0.25, 0.3) is 0 Å². The molecule has 4 aromatic carbocycles. The lowest BCUT2D eigenvalue weighted by Gasteiger charge is -2.18. The highest BCUT2D eigenvalue weighted by Gasteiger charge is 2.31. The van der Waals surface area contributed by atoms with Gasteiger partial charge in [0.1, 0.15) is 11.4 Å². The van der Waals surface area contributed by atoms with Crippen molar-refractivity contribution in [1.29, 1.82) is 0 Å². The largest absolute Gasteiger partial charge is 0.462 e. The molecule has 4 aliphatic carbocycles. The van der Waals surface area contributed by atoms with Crippen molar-refractivity contribution in [3.8, 4) is 22.3 Å². The van der Waals surface area contributed by atoms with E-state index in [9.17, 15) is 9.59 Å². The molecule has 0 bridgehead atoms. The Labute approximate surface area is 326 Å². The highest BCUT2D eigenvalue weighted by atomic mass is 16.5. The second kappa shape index (κ2) is 14.8. The molecule has 0 saturated carbocycles. The molecule has 0 aromatic heterocycles. The van der Waals surface area contributed by atoms with Crippen LogP contribution in [0.25, 0.3) is 22.3 Å². The van der Waals surface area contributed by atoms with Crippen LogP contribution in [-0.4, -0.2) is 48.0 Å². The SMILES string of the molecule is CCOC(=O)c1cccc2c1-c1ccccc1C2=NN=C1C(C)=CC(=C2C=C(C)C(=NN=C3c4ccccc4-c4c(C(=O)OCC)cccc43)C(C)=C2)C=C1C. The van der Waals surface area contributed by atoms with Crippen molar-refractivity contribution in [1.82, 2.24) is 0 Å². The van der Waals surface area contributed by atoms with Crippen LogP contribution >= 0.6 is 0 Å². The summed E-state index contributed by atoms with van der Waals surface area (Å²) < 4.78 is 10.8. The summed E-state index contributed by atoms with van der Waals surface area (Å²) in [6.45, 7) is 12.4. The summed E-state index contributed by atoms with van der Waals surface area (Å²) in [5.41, 5.74) is 17.3. The minimum atomic E-state index is -0.351. The molecular formula is C48H40N4O4. The predicted octanol–water partition coefficient (Wildman–Crippen LogP) is 10.2. The maximum atomic E-state index is 12.9. The van der Waals surface area contributed by atoms with E-state index in [1.807, 2.05) is 86.6 Å². The molecule has 0 aliphatic heterocycles. The molecule has 8 heteroatoms. The number of ether oxygens (including phenoxy) is 2. The molecule has 56 heavy (non-hydrogen) atoms. The molecule has 0 N–H and O–H groups in total. The second-order valence-electron chi connectivity index (χ2n) is 14.0. The first kappa shape index (κ1) is 36.2. The van der Waals surface area contributed by atoms with Crippen LogP contribution < -0.4 is 0 Å². The van der Waals surface area contributed by atoms with Crippen molar-refractivity contribution >= 4 is 34.8 Å². The average Bonchev–Trinajstić information content (AvgIpc) is 3.69. The molecule has 0 saturated heterocycles. The minimum Gasteiger partial charge on any atom is -0.462 e. The first-order chi connectivity index (χ1) is 27.2. The van der Waals surface area contributed by atoms with E-state index in [1.165, 1.54) is 0 Å². The van der Waals surface area contributed by atoms with Crippen LogP contribution in [-0.2, 0) is 9.47 Å². The molecule has 8 nitrogen and oxygen atoms in total. The number of esters is 2. The van der Waals surface area contributed by atoms with Crippen LogP contribution in [0.15, 0.2) is 163 Å². The molecule has 8 rings (SSSR count). The molecule has 0 amide bonds. The predicted molar refractivity (Wildman–Crippen MR) is 224 cm³/mol. The fraction of sp³-hybridized carbons (Fsp3) is 0.167. The summed E-state index contributed by atoms with van der Waals surface area (Å²) in [4.78, 5) is 25.8. The van der Waals surface area contributed by atoms with Crippen LogP contribution in [0.1, 0.15) is 84.5 Å². The Bertz CT molecular complexity index is 2450. The monoisotopic (exact) mass is 736 g/mol. The number of nitrogens with zero attached hydrogens (tertiary/aromatic N) is 4. The number of benzene rings is 4. The summed E-state index contributed by atoms with van der Waals surface area (Å²) in [5, 5.41) is 19.3. The Kier molecular flexibility index (Phi) is 9.56. The third-order valence-electron chi connectivity index (χ3n) is 10.3. The number of hydrogen-bond acceptors (Lipinski definition) is 8. The van der Waals surface area contributed by atoms with Gasteiger partial charge in [0.05, 0.1) is 35.8 Å². The van der Waals surface area contributed by atoms with Gasteiger partial charge in [-0.25, -0.2) is 9.59 Å². The van der Waals surface area contributed by atoms with E-state index in [4.69, 9.17) is 29.9 Å². The van der Waals surface area contributed by atoms with E-state index in [0.29, 0.717) is 24.3 Å². The van der Waals surface area contributed by atoms with E-state index in [2.05, 4.69) is 52.0 Å². The van der Waals surface area contributed by atoms with Crippen LogP contribution in [0.4, 0.5) is 0 Å². The topological polar surface area (TPSA) is 102 Å². The van der Waals surface area contributed by atoms with Gasteiger partial charge in [-0.2, -0.15) is 0 Å². The highest BCUT2D eigenvalue weighted by Crippen LogP contribution is 2.41. The molecule has 276 valence electrons. The molecule has 4 aromatic rings. The minimum absolute atomic E-state index is 0.301. The maximum Gasteiger partial charge on any atom is 0.338 e. The zero-order valence-electron chi connectivity index (χ0n) is 32.2. The zero-order valence-corrected chi connectivity index (χ0v) is 32.2. The number of allylic oxidation sites excluding steroid dienone is 10. The van der Waals surface area contributed by atoms with E-state index in [1.54, 1.807) is 12.1 Å². The summed E-state index contributed by atoms with van der Waals surface area (Å²) in [7, 11) is 0. The Morgan fingerprint density at radius 2 is 0.750 bits per heavy atom. The lowest BCUT2D eigenvalue weighted by atomic mass is 9.87. The van der Waals surface area contributed by atoms with Crippen molar-refractivity contribution in [2.45, 2.75) is 41.5 Å². The first-order valence-corrected chi connectivity index (χ1v) is 18.8. The quantitative estimate of drug-likeness (QED) is 0.125. The highest BCUT2D eigenvalue weighted by molar-refractivity contribution is 6.28. The Morgan fingerprint density at radius 1 is 0.429 bits per heavy atom. The van der Waals surface area contributed by atoms with Gasteiger partial charge in [-0.1, -0.05) is 72.8 Å². The summed E-state index contributed by atoms with van der Waals surface area (Å²) >= 11 is 0. The van der Waals surface area contributed by atoms with Crippen molar-refractivity contribution < 1.29 is 19.1 Å². The van der Waals surface area contributed by atoms with Crippen molar-refractivity contribution in [3.63, 3.8) is 0 Å². The number of carbonyl (C=O) groups is 2. The van der Waals surface area contributed by atoms with E-state index < -0.39 is 0 Å². The molecule has 0 atom stereocenters. The third-order valence-corrected chi connectivity index (χ3v) is 10.3. The van der Waals surface area contributed by atoms with Crippen LogP contribution in [0.2, 0.25) is 0 Å². The van der Waals surface area contributed by atoms with E-state index in [-0.39, 0.29) is 11.9 Å². The van der Waals surface area contributed by atoms with Gasteiger partial charge < -0.3 is 9.47 Å². The van der Waals surface area contributed by atoms with Crippen molar-refractivity contribution in [3.05, 3.63) is 176 Å². The van der Waals surface area contributed by atoms with Gasteiger partial charge in [-0.15, -0.1) is 20.4 Å². The average molecular weight is 737 g/mol. The third kappa shape index (κ3) is 6.23. The summed E-state index contributed by atoms with van der Waals surface area (Å²) in [6.07, 6.45) is 8.56. The second-order valence-corrected chi connectivity index (χ2v) is 14.0. The standard InChI is InChI=1S/C48H40N4O4/c1-7-55-47(53)39-21-13-19-37-41(39)33-15-9-11-17-35(33)45(37)51-49-43-27(3)23-31(24-28(43)4)32-25-29(5)44(30(6)26-32)50-52-46-36-18-12-10-16-34(36)42-38(46)20-14-22-40(42)48(54)56-8-2/h9-26H,7-8H2,1-6H3. The fourth-order valence-corrected chi connectivity index (χ4v) is 7.92. The fourth-order valence-electron chi connectivity index (χ4n) is 7.92. The lowest BCUT2D eigenvalue weighted by molar-refractivity contribution is 0.0517. The smallest absolute Gasteiger partial charge is 0.338 e. The molecule has 4 aliphatic rings. The number of hydrogen-bond donors (Lipinski definition) is 0. The van der Waals surface area contributed by atoms with Crippen molar-refractivity contribution in [2.75, 3.05) is 13.2 Å². The van der Waals surface area contributed by atoms with Crippen molar-refractivity contribution in [2.24, 2.45) is 20.4 Å². The summed E-state index contributed by atoms with van der Waals surface area (Å²) in [6, 6.07) is 27.2. The van der Waals surface area contributed by atoms with E-state index >= 15 is 0 Å². The number of fused-ring (bicyclic) bond motifs is 6. The zero-order chi connectivity index (χ0) is 39.1. The van der Waals surface area contributed by atoms with Gasteiger partial charge in [-0.05, 0) is 123 Å². The molecular weight excluding hydrogens is 697 g/mol. The molecule has 0 radical (unpaired) electrons. The van der Waals surface area contributed by atoms with Gasteiger partial charge in [0.2, 0.25) is 0 Å². The van der Waals surface area contributed by atoms with Gasteiger partial charge in [-0.3, -0.25) is 0 Å². The molecule has 0 heterocycles. The summed E-state index contributed by atoms with van der Waals surface area (Å²) in [5.74, 6) is -0.701. The Hall–Kier alpha value is -6.80. The van der Waals surface area contributed by atoms with Gasteiger partial charge in [0.15, 0.2) is 0 Å². The molecule has 0 fully saturated rings. The van der Waals surface area contributed by atoms with Crippen LogP contribution in [0, 0.1) is 0 Å².